The van der Waals surface area contributed by atoms with Crippen molar-refractivity contribution in [2.75, 3.05) is 11.1 Å². The van der Waals surface area contributed by atoms with Crippen LogP contribution in [0.1, 0.15) is 16.7 Å². The maximum atomic E-state index is 12.0. The first-order valence-electron chi connectivity index (χ1n) is 6.23. The average molecular weight is 265 g/mol. The molecule has 0 aliphatic rings. The Kier molecular flexibility index (Phi) is 4.02. The molecule has 0 bridgehead atoms. The zero-order valence-electron chi connectivity index (χ0n) is 11.2. The molecule has 0 aromatic heterocycles. The van der Waals surface area contributed by atoms with Crippen molar-refractivity contribution >= 4 is 17.3 Å². The summed E-state index contributed by atoms with van der Waals surface area (Å²) in [5, 5.41) is 11.7. The lowest BCUT2D eigenvalue weighted by Crippen LogP contribution is -2.15. The molecular weight excluding hydrogens is 250 g/mol. The Balaban J connectivity index is 2.10. The molecule has 0 saturated heterocycles. The van der Waals surface area contributed by atoms with E-state index in [9.17, 15) is 4.79 Å². The van der Waals surface area contributed by atoms with Crippen LogP contribution in [-0.2, 0) is 11.2 Å². The van der Waals surface area contributed by atoms with Gasteiger partial charge in [0.2, 0.25) is 5.91 Å². The van der Waals surface area contributed by atoms with Crippen molar-refractivity contribution in [3.63, 3.8) is 0 Å². The summed E-state index contributed by atoms with van der Waals surface area (Å²) in [5.41, 5.74) is 9.29. The van der Waals surface area contributed by atoms with E-state index in [0.717, 1.165) is 11.1 Å². The number of nitrogens with two attached hydrogens (primary N) is 1. The first-order chi connectivity index (χ1) is 9.58. The quantitative estimate of drug-likeness (QED) is 0.837. The van der Waals surface area contributed by atoms with Gasteiger partial charge < -0.3 is 11.1 Å². The molecule has 0 unspecified atom stereocenters. The average Bonchev–Trinajstić information content (AvgIpc) is 2.41. The van der Waals surface area contributed by atoms with Gasteiger partial charge in [0.05, 0.1) is 18.1 Å². The van der Waals surface area contributed by atoms with E-state index in [2.05, 4.69) is 11.4 Å². The molecule has 2 aromatic rings. The fourth-order valence-corrected chi connectivity index (χ4v) is 1.91. The summed E-state index contributed by atoms with van der Waals surface area (Å²) in [6.07, 6.45) is 0.251. The third-order valence-electron chi connectivity index (χ3n) is 2.96. The van der Waals surface area contributed by atoms with Gasteiger partial charge in [-0.2, -0.15) is 5.26 Å². The van der Waals surface area contributed by atoms with Gasteiger partial charge in [0.25, 0.3) is 0 Å². The largest absolute Gasteiger partial charge is 0.399 e. The molecule has 4 heteroatoms. The number of carbonyl (C=O) groups excluding carboxylic acids is 1. The minimum absolute atomic E-state index is 0.131. The number of amides is 1. The number of carbonyl (C=O) groups is 1. The van der Waals surface area contributed by atoms with Gasteiger partial charge in [-0.1, -0.05) is 18.2 Å². The van der Waals surface area contributed by atoms with Crippen LogP contribution in [0.3, 0.4) is 0 Å². The van der Waals surface area contributed by atoms with E-state index in [1.54, 1.807) is 24.3 Å². The fraction of sp³-hybridized carbons (Fsp3) is 0.125. The molecule has 2 rings (SSSR count). The summed E-state index contributed by atoms with van der Waals surface area (Å²) in [6, 6.07) is 14.5. The van der Waals surface area contributed by atoms with Gasteiger partial charge in [-0.3, -0.25) is 4.79 Å². The van der Waals surface area contributed by atoms with Gasteiger partial charge in [-0.25, -0.2) is 0 Å². The number of nitrogens with one attached hydrogen (secondary N) is 1. The van der Waals surface area contributed by atoms with Crippen molar-refractivity contribution in [2.24, 2.45) is 0 Å². The molecule has 0 radical (unpaired) electrons. The van der Waals surface area contributed by atoms with Crippen molar-refractivity contribution in [3.05, 3.63) is 59.2 Å². The number of nitrogen functional groups attached to an aromatic ring is 1. The lowest BCUT2D eigenvalue weighted by molar-refractivity contribution is -0.115. The number of hydrogen-bond acceptors (Lipinski definition) is 3. The fourth-order valence-electron chi connectivity index (χ4n) is 1.91. The van der Waals surface area contributed by atoms with Crippen LogP contribution in [0.4, 0.5) is 11.4 Å². The zero-order chi connectivity index (χ0) is 14.5. The highest BCUT2D eigenvalue weighted by atomic mass is 16.1. The maximum absolute atomic E-state index is 12.0. The molecule has 0 spiro atoms. The molecule has 20 heavy (non-hydrogen) atoms. The van der Waals surface area contributed by atoms with Crippen molar-refractivity contribution in [1.29, 1.82) is 5.26 Å². The minimum atomic E-state index is -0.131. The van der Waals surface area contributed by atoms with Crippen LogP contribution in [0, 0.1) is 18.3 Å². The highest BCUT2D eigenvalue weighted by molar-refractivity contribution is 5.93. The smallest absolute Gasteiger partial charge is 0.228 e. The number of aryl methyl sites for hydroxylation is 1. The molecule has 3 N–H and O–H groups in total. The van der Waals surface area contributed by atoms with Gasteiger partial charge in [0, 0.05) is 11.4 Å². The third-order valence-corrected chi connectivity index (χ3v) is 2.96. The molecule has 0 atom stereocenters. The van der Waals surface area contributed by atoms with E-state index in [1.807, 2.05) is 25.1 Å². The number of anilines is 2. The molecular formula is C16H15N3O. The normalized spacial score (nSPS) is 9.80. The van der Waals surface area contributed by atoms with E-state index in [0.29, 0.717) is 16.9 Å². The number of rotatable bonds is 3. The molecule has 0 heterocycles. The van der Waals surface area contributed by atoms with E-state index in [4.69, 9.17) is 11.0 Å². The van der Waals surface area contributed by atoms with Crippen molar-refractivity contribution in [1.82, 2.24) is 0 Å². The SMILES string of the molecule is Cc1ccc(C#N)cc1NC(=O)Cc1cccc(N)c1. The summed E-state index contributed by atoms with van der Waals surface area (Å²) >= 11 is 0. The molecule has 0 aliphatic heterocycles. The highest BCUT2D eigenvalue weighted by Gasteiger charge is 2.07. The number of hydrogen-bond donors (Lipinski definition) is 2. The lowest BCUT2D eigenvalue weighted by Gasteiger charge is -2.09. The van der Waals surface area contributed by atoms with Gasteiger partial charge in [0.15, 0.2) is 0 Å². The van der Waals surface area contributed by atoms with Crippen LogP contribution in [0.5, 0.6) is 0 Å². The Labute approximate surface area is 117 Å². The molecule has 2 aromatic carbocycles. The lowest BCUT2D eigenvalue weighted by atomic mass is 10.1. The van der Waals surface area contributed by atoms with Crippen LogP contribution < -0.4 is 11.1 Å². The van der Waals surface area contributed by atoms with E-state index < -0.39 is 0 Å². The molecule has 1 amide bonds. The Bertz CT molecular complexity index is 686. The Morgan fingerprint density at radius 2 is 2.10 bits per heavy atom. The number of benzene rings is 2. The van der Waals surface area contributed by atoms with Crippen LogP contribution in [0.15, 0.2) is 42.5 Å². The minimum Gasteiger partial charge on any atom is -0.399 e. The van der Waals surface area contributed by atoms with Gasteiger partial charge in [-0.05, 0) is 42.3 Å². The van der Waals surface area contributed by atoms with Gasteiger partial charge in [-0.15, -0.1) is 0 Å². The van der Waals surface area contributed by atoms with E-state index in [1.165, 1.54) is 0 Å². The second-order valence-corrected chi connectivity index (χ2v) is 4.61. The molecule has 100 valence electrons. The summed E-state index contributed by atoms with van der Waals surface area (Å²) < 4.78 is 0. The first-order valence-corrected chi connectivity index (χ1v) is 6.23. The highest BCUT2D eigenvalue weighted by Crippen LogP contribution is 2.17. The molecule has 4 nitrogen and oxygen atoms in total. The van der Waals surface area contributed by atoms with Gasteiger partial charge >= 0.3 is 0 Å². The Morgan fingerprint density at radius 3 is 2.80 bits per heavy atom. The first kappa shape index (κ1) is 13.6. The van der Waals surface area contributed by atoms with E-state index in [-0.39, 0.29) is 12.3 Å². The molecule has 0 saturated carbocycles. The van der Waals surface area contributed by atoms with Crippen molar-refractivity contribution in [2.45, 2.75) is 13.3 Å². The van der Waals surface area contributed by atoms with Crippen LogP contribution >= 0.6 is 0 Å². The van der Waals surface area contributed by atoms with Gasteiger partial charge in [0.1, 0.15) is 0 Å². The topological polar surface area (TPSA) is 78.9 Å². The zero-order valence-corrected chi connectivity index (χ0v) is 11.2. The van der Waals surface area contributed by atoms with E-state index >= 15 is 0 Å². The second-order valence-electron chi connectivity index (χ2n) is 4.61. The summed E-state index contributed by atoms with van der Waals surface area (Å²) in [6.45, 7) is 1.89. The predicted octanol–water partition coefficient (Wildman–Crippen LogP) is 2.63. The standard InChI is InChI=1S/C16H15N3O/c1-11-5-6-13(10-17)8-15(11)19-16(20)9-12-3-2-4-14(18)7-12/h2-8H,9,18H2,1H3,(H,19,20). The predicted molar refractivity (Wildman–Crippen MR) is 79.1 cm³/mol. The Morgan fingerprint density at radius 1 is 1.30 bits per heavy atom. The van der Waals surface area contributed by atoms with Crippen molar-refractivity contribution < 1.29 is 4.79 Å². The monoisotopic (exact) mass is 265 g/mol. The maximum Gasteiger partial charge on any atom is 0.228 e. The van der Waals surface area contributed by atoms with Crippen LogP contribution in [0.2, 0.25) is 0 Å². The Hall–Kier alpha value is -2.80. The molecule has 0 aliphatic carbocycles. The second kappa shape index (κ2) is 5.89. The third kappa shape index (κ3) is 3.36. The van der Waals surface area contributed by atoms with Crippen molar-refractivity contribution in [3.8, 4) is 6.07 Å². The summed E-state index contributed by atoms with van der Waals surface area (Å²) in [5.74, 6) is -0.131. The number of nitriles is 1. The summed E-state index contributed by atoms with van der Waals surface area (Å²) in [7, 11) is 0. The van der Waals surface area contributed by atoms with Crippen LogP contribution in [0.25, 0.3) is 0 Å². The number of nitrogens with zero attached hydrogens (tertiary/aromatic N) is 1. The van der Waals surface area contributed by atoms with Crippen LogP contribution in [-0.4, -0.2) is 5.91 Å². The molecule has 0 fully saturated rings. The summed E-state index contributed by atoms with van der Waals surface area (Å²) in [4.78, 5) is 12.0.